The maximum absolute atomic E-state index is 13.0. The standard InChI is InChI=1S/C21H24N4O2/c1-14(2)20-18-9-8-15(3)24(18)10-11-25(20)19(26)12-27-21-16-6-4-5-7-17(16)22-13-23-21/h4-9,13-14,20H,10-12H2,1-3H3/t20-/m0/s1. The van der Waals surface area contributed by atoms with Crippen LogP contribution in [0.4, 0.5) is 0 Å². The van der Waals surface area contributed by atoms with Crippen LogP contribution in [0.5, 0.6) is 5.88 Å². The molecule has 1 amide bonds. The van der Waals surface area contributed by atoms with Gasteiger partial charge in [0.2, 0.25) is 5.88 Å². The van der Waals surface area contributed by atoms with Gasteiger partial charge in [0.1, 0.15) is 6.33 Å². The van der Waals surface area contributed by atoms with Crippen molar-refractivity contribution in [2.45, 2.75) is 33.4 Å². The number of benzene rings is 1. The van der Waals surface area contributed by atoms with Gasteiger partial charge in [0.15, 0.2) is 6.61 Å². The summed E-state index contributed by atoms with van der Waals surface area (Å²) in [6.07, 6.45) is 1.47. The van der Waals surface area contributed by atoms with E-state index in [1.807, 2.05) is 29.2 Å². The number of fused-ring (bicyclic) bond motifs is 2. The number of aromatic nitrogens is 3. The van der Waals surface area contributed by atoms with Gasteiger partial charge in [-0.05, 0) is 37.1 Å². The zero-order valence-corrected chi connectivity index (χ0v) is 15.9. The van der Waals surface area contributed by atoms with Crippen LogP contribution in [-0.2, 0) is 11.3 Å². The van der Waals surface area contributed by atoms with Crippen molar-refractivity contribution in [3.63, 3.8) is 0 Å². The minimum Gasteiger partial charge on any atom is -0.467 e. The van der Waals surface area contributed by atoms with E-state index in [9.17, 15) is 4.79 Å². The number of ether oxygens (including phenoxy) is 1. The van der Waals surface area contributed by atoms with Crippen molar-refractivity contribution in [3.8, 4) is 5.88 Å². The number of hydrogen-bond donors (Lipinski definition) is 0. The van der Waals surface area contributed by atoms with Crippen molar-refractivity contribution >= 4 is 16.8 Å². The molecule has 1 aliphatic heterocycles. The first-order valence-electron chi connectivity index (χ1n) is 9.34. The molecule has 140 valence electrons. The Morgan fingerprint density at radius 3 is 2.81 bits per heavy atom. The Kier molecular flexibility index (Phi) is 4.56. The normalized spacial score (nSPS) is 16.6. The molecule has 3 heterocycles. The molecule has 0 radical (unpaired) electrons. The number of carbonyl (C=O) groups is 1. The van der Waals surface area contributed by atoms with Gasteiger partial charge < -0.3 is 14.2 Å². The molecule has 6 heteroatoms. The summed E-state index contributed by atoms with van der Waals surface area (Å²) in [4.78, 5) is 23.4. The van der Waals surface area contributed by atoms with Crippen molar-refractivity contribution in [3.05, 3.63) is 54.1 Å². The topological polar surface area (TPSA) is 60.2 Å². The van der Waals surface area contributed by atoms with Gasteiger partial charge >= 0.3 is 0 Å². The number of amides is 1. The van der Waals surface area contributed by atoms with Crippen molar-refractivity contribution in [1.29, 1.82) is 0 Å². The zero-order valence-electron chi connectivity index (χ0n) is 15.9. The highest BCUT2D eigenvalue weighted by Crippen LogP contribution is 2.33. The SMILES string of the molecule is Cc1ccc2n1CCN(C(=O)COc1ncnc3ccccc13)[C@H]2C(C)C. The van der Waals surface area contributed by atoms with Crippen molar-refractivity contribution in [2.24, 2.45) is 5.92 Å². The molecule has 0 unspecified atom stereocenters. The Bertz CT molecular complexity index is 974. The van der Waals surface area contributed by atoms with E-state index in [0.717, 1.165) is 17.4 Å². The Morgan fingerprint density at radius 1 is 1.19 bits per heavy atom. The lowest BCUT2D eigenvalue weighted by Crippen LogP contribution is -2.46. The summed E-state index contributed by atoms with van der Waals surface area (Å²) in [5.41, 5.74) is 3.25. The molecule has 27 heavy (non-hydrogen) atoms. The molecule has 0 spiro atoms. The fourth-order valence-corrected chi connectivity index (χ4v) is 3.95. The third kappa shape index (κ3) is 3.16. The Morgan fingerprint density at radius 2 is 2.00 bits per heavy atom. The van der Waals surface area contributed by atoms with Gasteiger partial charge in [-0.1, -0.05) is 26.0 Å². The summed E-state index contributed by atoms with van der Waals surface area (Å²) in [6.45, 7) is 7.91. The average Bonchev–Trinajstić information content (AvgIpc) is 3.06. The summed E-state index contributed by atoms with van der Waals surface area (Å²) in [5, 5.41) is 0.816. The van der Waals surface area contributed by atoms with Gasteiger partial charge in [-0.15, -0.1) is 0 Å². The Hall–Kier alpha value is -2.89. The Balaban J connectivity index is 1.54. The predicted molar refractivity (Wildman–Crippen MR) is 103 cm³/mol. The molecule has 1 aromatic carbocycles. The van der Waals surface area contributed by atoms with Crippen LogP contribution in [-0.4, -0.2) is 38.5 Å². The molecule has 0 fully saturated rings. The molecule has 0 N–H and O–H groups in total. The lowest BCUT2D eigenvalue weighted by Gasteiger charge is -2.39. The molecule has 0 saturated carbocycles. The maximum Gasteiger partial charge on any atom is 0.261 e. The van der Waals surface area contributed by atoms with Crippen LogP contribution in [0.2, 0.25) is 0 Å². The third-order valence-corrected chi connectivity index (χ3v) is 5.23. The van der Waals surface area contributed by atoms with Gasteiger partial charge in [-0.3, -0.25) is 4.79 Å². The van der Waals surface area contributed by atoms with Crippen LogP contribution >= 0.6 is 0 Å². The first kappa shape index (κ1) is 17.5. The van der Waals surface area contributed by atoms with Gasteiger partial charge in [0, 0.05) is 24.5 Å². The van der Waals surface area contributed by atoms with Gasteiger partial charge in [0.05, 0.1) is 16.9 Å². The molecule has 2 aromatic heterocycles. The molecule has 0 bridgehead atoms. The summed E-state index contributed by atoms with van der Waals surface area (Å²) >= 11 is 0. The molecule has 3 aromatic rings. The highest BCUT2D eigenvalue weighted by Gasteiger charge is 2.33. The van der Waals surface area contributed by atoms with Crippen LogP contribution in [0.3, 0.4) is 0 Å². The summed E-state index contributed by atoms with van der Waals surface area (Å²) in [6, 6.07) is 12.0. The van der Waals surface area contributed by atoms with Crippen LogP contribution < -0.4 is 4.74 Å². The smallest absolute Gasteiger partial charge is 0.261 e. The second kappa shape index (κ2) is 7.02. The first-order valence-corrected chi connectivity index (χ1v) is 9.34. The van der Waals surface area contributed by atoms with E-state index < -0.39 is 0 Å². The summed E-state index contributed by atoms with van der Waals surface area (Å²) in [5.74, 6) is 0.759. The minimum atomic E-state index is -0.0239. The number of para-hydroxylation sites is 1. The van der Waals surface area contributed by atoms with E-state index in [1.165, 1.54) is 17.7 Å². The van der Waals surface area contributed by atoms with Crippen molar-refractivity contribution in [1.82, 2.24) is 19.4 Å². The quantitative estimate of drug-likeness (QED) is 0.712. The van der Waals surface area contributed by atoms with E-state index in [0.29, 0.717) is 18.3 Å². The van der Waals surface area contributed by atoms with E-state index in [-0.39, 0.29) is 18.6 Å². The molecule has 4 rings (SSSR count). The summed E-state index contributed by atoms with van der Waals surface area (Å²) < 4.78 is 8.12. The van der Waals surface area contributed by atoms with Crippen molar-refractivity contribution in [2.75, 3.05) is 13.2 Å². The number of aryl methyl sites for hydroxylation is 1. The van der Waals surface area contributed by atoms with E-state index in [2.05, 4.69) is 47.4 Å². The van der Waals surface area contributed by atoms with Crippen LogP contribution in [0.25, 0.3) is 10.9 Å². The highest BCUT2D eigenvalue weighted by atomic mass is 16.5. The highest BCUT2D eigenvalue weighted by molar-refractivity contribution is 5.84. The van der Waals surface area contributed by atoms with Crippen LogP contribution in [0.1, 0.15) is 31.3 Å². The van der Waals surface area contributed by atoms with Crippen LogP contribution in [0.15, 0.2) is 42.7 Å². The van der Waals surface area contributed by atoms with E-state index in [4.69, 9.17) is 4.74 Å². The average molecular weight is 364 g/mol. The fourth-order valence-electron chi connectivity index (χ4n) is 3.95. The number of carbonyl (C=O) groups excluding carboxylic acids is 1. The van der Waals surface area contributed by atoms with E-state index >= 15 is 0 Å². The zero-order chi connectivity index (χ0) is 19.0. The molecule has 6 nitrogen and oxygen atoms in total. The third-order valence-electron chi connectivity index (χ3n) is 5.23. The number of rotatable bonds is 4. The van der Waals surface area contributed by atoms with Crippen molar-refractivity contribution < 1.29 is 9.53 Å². The summed E-state index contributed by atoms with van der Waals surface area (Å²) in [7, 11) is 0. The molecular formula is C21H24N4O2. The first-order chi connectivity index (χ1) is 13.1. The second-order valence-corrected chi connectivity index (χ2v) is 7.31. The molecule has 0 aliphatic carbocycles. The lowest BCUT2D eigenvalue weighted by molar-refractivity contribution is -0.138. The largest absolute Gasteiger partial charge is 0.467 e. The monoisotopic (exact) mass is 364 g/mol. The maximum atomic E-state index is 13.0. The molecular weight excluding hydrogens is 340 g/mol. The molecule has 1 atom stereocenters. The number of nitrogens with zero attached hydrogens (tertiary/aromatic N) is 4. The van der Waals surface area contributed by atoms with Gasteiger partial charge in [0.25, 0.3) is 5.91 Å². The fraction of sp³-hybridized carbons (Fsp3) is 0.381. The molecule has 0 saturated heterocycles. The molecule has 1 aliphatic rings. The predicted octanol–water partition coefficient (Wildman–Crippen LogP) is 3.36. The van der Waals surface area contributed by atoms with Crippen LogP contribution in [0, 0.1) is 12.8 Å². The minimum absolute atomic E-state index is 0.0125. The van der Waals surface area contributed by atoms with Gasteiger partial charge in [-0.25, -0.2) is 9.97 Å². The van der Waals surface area contributed by atoms with Gasteiger partial charge in [-0.2, -0.15) is 0 Å². The number of hydrogen-bond acceptors (Lipinski definition) is 4. The lowest BCUT2D eigenvalue weighted by atomic mass is 9.97. The second-order valence-electron chi connectivity index (χ2n) is 7.31. The Labute approximate surface area is 158 Å². The van der Waals surface area contributed by atoms with E-state index in [1.54, 1.807) is 0 Å².